The third kappa shape index (κ3) is 3.62. The molecule has 0 radical (unpaired) electrons. The van der Waals surface area contributed by atoms with Crippen LogP contribution in [0.4, 0.5) is 17.1 Å². The van der Waals surface area contributed by atoms with Crippen LogP contribution in [0.2, 0.25) is 0 Å². The number of para-hydroxylation sites is 3. The maximum Gasteiger partial charge on any atom is 0.159 e. The van der Waals surface area contributed by atoms with E-state index in [2.05, 4.69) is 144 Å². The highest BCUT2D eigenvalue weighted by atomic mass is 16.3. The number of furan rings is 2. The fourth-order valence-electron chi connectivity index (χ4n) is 6.60. The van der Waals surface area contributed by atoms with Gasteiger partial charge in [0.2, 0.25) is 0 Å². The van der Waals surface area contributed by atoms with Crippen molar-refractivity contribution in [1.29, 1.82) is 0 Å². The van der Waals surface area contributed by atoms with Gasteiger partial charge in [-0.25, -0.2) is 0 Å². The molecule has 0 unspecified atom stereocenters. The van der Waals surface area contributed by atoms with Crippen molar-refractivity contribution >= 4 is 71.7 Å². The molecule has 9 aromatic rings. The largest absolute Gasteiger partial charge is 0.456 e. The Morgan fingerprint density at radius 1 is 0.395 bits per heavy atom. The SMILES string of the molecule is c1ccc(-c2cc3oc4cccc(N(c5ccccc5)c5cccc6c5oc5ccccc56)c4c3c3ccccc23)cc1. The molecule has 0 atom stereocenters. The van der Waals surface area contributed by atoms with Crippen molar-refractivity contribution in [1.82, 2.24) is 0 Å². The van der Waals surface area contributed by atoms with Gasteiger partial charge in [0.05, 0.1) is 16.8 Å². The first-order chi connectivity index (χ1) is 21.3. The average Bonchev–Trinajstić information content (AvgIpc) is 3.65. The molecule has 0 spiro atoms. The monoisotopic (exact) mass is 551 g/mol. The molecule has 0 saturated heterocycles. The van der Waals surface area contributed by atoms with E-state index < -0.39 is 0 Å². The van der Waals surface area contributed by atoms with E-state index in [-0.39, 0.29) is 0 Å². The zero-order chi connectivity index (χ0) is 28.3. The van der Waals surface area contributed by atoms with Crippen molar-refractivity contribution in [3.05, 3.63) is 152 Å². The summed E-state index contributed by atoms with van der Waals surface area (Å²) in [7, 11) is 0. The first-order valence-electron chi connectivity index (χ1n) is 14.5. The van der Waals surface area contributed by atoms with E-state index in [1.807, 2.05) is 12.1 Å². The second kappa shape index (κ2) is 9.37. The number of rotatable bonds is 4. The summed E-state index contributed by atoms with van der Waals surface area (Å²) >= 11 is 0. The molecule has 0 N–H and O–H groups in total. The lowest BCUT2D eigenvalue weighted by atomic mass is 9.94. The second-order valence-corrected chi connectivity index (χ2v) is 10.9. The van der Waals surface area contributed by atoms with Crippen LogP contribution < -0.4 is 4.90 Å². The van der Waals surface area contributed by atoms with Gasteiger partial charge in [0.1, 0.15) is 16.7 Å². The molecule has 0 aliphatic heterocycles. The highest BCUT2D eigenvalue weighted by molar-refractivity contribution is 6.26. The van der Waals surface area contributed by atoms with E-state index in [9.17, 15) is 0 Å². The van der Waals surface area contributed by atoms with Gasteiger partial charge in [0.25, 0.3) is 0 Å². The average molecular weight is 552 g/mol. The van der Waals surface area contributed by atoms with E-state index >= 15 is 0 Å². The Morgan fingerprint density at radius 3 is 1.86 bits per heavy atom. The van der Waals surface area contributed by atoms with Crippen LogP contribution in [-0.4, -0.2) is 0 Å². The zero-order valence-corrected chi connectivity index (χ0v) is 23.2. The first kappa shape index (κ1) is 23.9. The van der Waals surface area contributed by atoms with Crippen LogP contribution >= 0.6 is 0 Å². The molecule has 43 heavy (non-hydrogen) atoms. The lowest BCUT2D eigenvalue weighted by Gasteiger charge is -2.26. The summed E-state index contributed by atoms with van der Waals surface area (Å²) in [6, 6.07) is 52.9. The summed E-state index contributed by atoms with van der Waals surface area (Å²) < 4.78 is 13.2. The van der Waals surface area contributed by atoms with Crippen molar-refractivity contribution in [2.75, 3.05) is 4.90 Å². The number of anilines is 3. The topological polar surface area (TPSA) is 29.5 Å². The molecule has 0 aliphatic carbocycles. The molecular weight excluding hydrogens is 526 g/mol. The molecule has 0 fully saturated rings. The van der Waals surface area contributed by atoms with E-state index in [4.69, 9.17) is 8.83 Å². The minimum atomic E-state index is 0.848. The Balaban J connectivity index is 1.40. The highest BCUT2D eigenvalue weighted by Gasteiger charge is 2.24. The Labute approximate surface area is 247 Å². The summed E-state index contributed by atoms with van der Waals surface area (Å²) in [5.74, 6) is 0. The second-order valence-electron chi connectivity index (χ2n) is 10.9. The number of fused-ring (bicyclic) bond motifs is 8. The maximum atomic E-state index is 6.67. The molecule has 0 saturated carbocycles. The van der Waals surface area contributed by atoms with Crippen LogP contribution in [0.15, 0.2) is 160 Å². The normalized spacial score (nSPS) is 11.7. The predicted octanol–water partition coefficient (Wildman–Crippen LogP) is 11.8. The van der Waals surface area contributed by atoms with Gasteiger partial charge in [-0.15, -0.1) is 0 Å². The van der Waals surface area contributed by atoms with Crippen molar-refractivity contribution in [2.24, 2.45) is 0 Å². The summed E-state index contributed by atoms with van der Waals surface area (Å²) in [6.07, 6.45) is 0. The molecule has 3 nitrogen and oxygen atoms in total. The van der Waals surface area contributed by atoms with E-state index in [1.54, 1.807) is 0 Å². The smallest absolute Gasteiger partial charge is 0.159 e. The van der Waals surface area contributed by atoms with Crippen LogP contribution in [0.25, 0.3) is 65.8 Å². The number of hydrogen-bond donors (Lipinski definition) is 0. The minimum Gasteiger partial charge on any atom is -0.456 e. The maximum absolute atomic E-state index is 6.67. The van der Waals surface area contributed by atoms with E-state index in [0.717, 1.165) is 66.5 Å². The molecule has 202 valence electrons. The van der Waals surface area contributed by atoms with Crippen LogP contribution in [0.5, 0.6) is 0 Å². The molecule has 3 heteroatoms. The van der Waals surface area contributed by atoms with Crippen LogP contribution in [0.1, 0.15) is 0 Å². The van der Waals surface area contributed by atoms with Gasteiger partial charge in [-0.3, -0.25) is 0 Å². The van der Waals surface area contributed by atoms with Gasteiger partial charge in [-0.1, -0.05) is 109 Å². The Bertz CT molecular complexity index is 2450. The van der Waals surface area contributed by atoms with Gasteiger partial charge in [0.15, 0.2) is 5.58 Å². The van der Waals surface area contributed by atoms with Crippen molar-refractivity contribution in [3.63, 3.8) is 0 Å². The third-order valence-corrected chi connectivity index (χ3v) is 8.45. The first-order valence-corrected chi connectivity index (χ1v) is 14.5. The van der Waals surface area contributed by atoms with Crippen LogP contribution in [0.3, 0.4) is 0 Å². The van der Waals surface area contributed by atoms with Gasteiger partial charge in [-0.2, -0.15) is 0 Å². The molecule has 0 aliphatic rings. The highest BCUT2D eigenvalue weighted by Crippen LogP contribution is 2.48. The fraction of sp³-hybridized carbons (Fsp3) is 0. The van der Waals surface area contributed by atoms with E-state index in [1.165, 1.54) is 16.3 Å². The van der Waals surface area contributed by atoms with E-state index in [0.29, 0.717) is 0 Å². The van der Waals surface area contributed by atoms with Crippen LogP contribution in [-0.2, 0) is 0 Å². The molecule has 7 aromatic carbocycles. The third-order valence-electron chi connectivity index (χ3n) is 8.45. The summed E-state index contributed by atoms with van der Waals surface area (Å²) in [5, 5.41) is 6.75. The van der Waals surface area contributed by atoms with Gasteiger partial charge in [0, 0.05) is 21.8 Å². The van der Waals surface area contributed by atoms with Crippen molar-refractivity contribution < 1.29 is 8.83 Å². The Kier molecular flexibility index (Phi) is 5.20. The van der Waals surface area contributed by atoms with Crippen molar-refractivity contribution in [2.45, 2.75) is 0 Å². The number of nitrogens with zero attached hydrogens (tertiary/aromatic N) is 1. The van der Waals surface area contributed by atoms with Crippen molar-refractivity contribution in [3.8, 4) is 11.1 Å². The van der Waals surface area contributed by atoms with Crippen LogP contribution in [0, 0.1) is 0 Å². The summed E-state index contributed by atoms with van der Waals surface area (Å²) in [4.78, 5) is 2.31. The quantitative estimate of drug-likeness (QED) is 0.218. The summed E-state index contributed by atoms with van der Waals surface area (Å²) in [6.45, 7) is 0. The number of hydrogen-bond acceptors (Lipinski definition) is 3. The fourth-order valence-corrected chi connectivity index (χ4v) is 6.60. The molecule has 0 amide bonds. The van der Waals surface area contributed by atoms with Gasteiger partial charge < -0.3 is 13.7 Å². The van der Waals surface area contributed by atoms with Gasteiger partial charge in [-0.05, 0) is 64.4 Å². The number of benzene rings is 7. The molecule has 9 rings (SSSR count). The molecular formula is C40H25NO2. The summed E-state index contributed by atoms with van der Waals surface area (Å²) in [5.41, 5.74) is 8.84. The standard InChI is InChI=1S/C40H25NO2/c1-3-13-26(14-4-1)32-25-37-38(30-19-8-7-17-28(30)32)39-33(21-12-24-36(39)42-37)41(27-15-5-2-6-16-27)34-22-11-20-31-29-18-9-10-23-35(29)43-40(31)34/h1-25H. The van der Waals surface area contributed by atoms with Gasteiger partial charge >= 0.3 is 0 Å². The minimum absolute atomic E-state index is 0.848. The molecule has 0 bridgehead atoms. The zero-order valence-electron chi connectivity index (χ0n) is 23.2. The lowest BCUT2D eigenvalue weighted by Crippen LogP contribution is -2.10. The Morgan fingerprint density at radius 2 is 1.02 bits per heavy atom. The lowest BCUT2D eigenvalue weighted by molar-refractivity contribution is 0.668. The predicted molar refractivity (Wildman–Crippen MR) is 179 cm³/mol. The Hall–Kier alpha value is -5.80. The molecule has 2 aromatic heterocycles. The molecule has 2 heterocycles.